The number of nitrogens with one attached hydrogen (secondary N) is 1. The van der Waals surface area contributed by atoms with E-state index >= 15 is 8.78 Å². The number of anilines is 2. The Morgan fingerprint density at radius 3 is 2.51 bits per heavy atom. The van der Waals surface area contributed by atoms with Crippen molar-refractivity contribution in [1.29, 1.82) is 0 Å². The van der Waals surface area contributed by atoms with Gasteiger partial charge in [0, 0.05) is 53.9 Å². The fraction of sp³-hybridized carbons (Fsp3) is 0.357. The zero-order valence-electron chi connectivity index (χ0n) is 22.2. The number of likely N-dealkylation sites (tertiary alicyclic amines) is 1. The van der Waals surface area contributed by atoms with Gasteiger partial charge in [-0.3, -0.25) is 4.72 Å². The van der Waals surface area contributed by atoms with Gasteiger partial charge in [0.15, 0.2) is 5.82 Å². The molecular weight excluding hydrogens is 522 g/mol. The maximum absolute atomic E-state index is 15.8. The Labute approximate surface area is 227 Å². The predicted molar refractivity (Wildman–Crippen MR) is 151 cm³/mol. The second-order valence-corrected chi connectivity index (χ2v) is 11.9. The molecule has 4 aromatic rings. The smallest absolute Gasteiger partial charge is 0.232 e. The van der Waals surface area contributed by atoms with Crippen LogP contribution < -0.4 is 9.62 Å². The first-order valence-corrected chi connectivity index (χ1v) is 14.6. The van der Waals surface area contributed by atoms with Crippen LogP contribution in [0.3, 0.4) is 0 Å². The number of benzene rings is 2. The van der Waals surface area contributed by atoms with Crippen LogP contribution in [0.25, 0.3) is 27.7 Å². The summed E-state index contributed by atoms with van der Waals surface area (Å²) >= 11 is 0. The SMILES string of the molecule is CCCS(=O)(=O)Nc1ccc(F)c(-n2cc(-c3cncnc3)c3cc(N(C)C4CCN(C)CC4)ccc32)c1F. The Balaban J connectivity index is 1.65. The van der Waals surface area contributed by atoms with Gasteiger partial charge < -0.3 is 14.4 Å². The van der Waals surface area contributed by atoms with Crippen LogP contribution in [0.5, 0.6) is 0 Å². The molecule has 8 nitrogen and oxygen atoms in total. The van der Waals surface area contributed by atoms with Crippen molar-refractivity contribution in [3.05, 3.63) is 66.9 Å². The van der Waals surface area contributed by atoms with E-state index in [0.29, 0.717) is 29.1 Å². The van der Waals surface area contributed by atoms with E-state index in [1.54, 1.807) is 25.5 Å². The molecule has 0 radical (unpaired) electrons. The van der Waals surface area contributed by atoms with Crippen molar-refractivity contribution in [2.45, 2.75) is 32.2 Å². The van der Waals surface area contributed by atoms with E-state index < -0.39 is 21.7 Å². The molecule has 0 aliphatic carbocycles. The summed E-state index contributed by atoms with van der Waals surface area (Å²) in [6.45, 7) is 3.76. The highest BCUT2D eigenvalue weighted by molar-refractivity contribution is 7.92. The number of aromatic nitrogens is 3. The second kappa shape index (κ2) is 10.9. The third-order valence-electron chi connectivity index (χ3n) is 7.35. The minimum atomic E-state index is -3.78. The van der Waals surface area contributed by atoms with E-state index in [1.807, 2.05) is 18.2 Å². The third-order valence-corrected chi connectivity index (χ3v) is 8.83. The summed E-state index contributed by atoms with van der Waals surface area (Å²) in [7, 11) is 0.425. The largest absolute Gasteiger partial charge is 0.371 e. The normalized spacial score (nSPS) is 15.1. The lowest BCUT2D eigenvalue weighted by molar-refractivity contribution is 0.253. The molecule has 11 heteroatoms. The van der Waals surface area contributed by atoms with Gasteiger partial charge in [-0.05, 0) is 69.7 Å². The van der Waals surface area contributed by atoms with Crippen LogP contribution in [0, 0.1) is 11.6 Å². The van der Waals surface area contributed by atoms with Crippen molar-refractivity contribution in [2.75, 3.05) is 42.6 Å². The first-order chi connectivity index (χ1) is 18.7. The Kier molecular flexibility index (Phi) is 7.55. The molecule has 0 bridgehead atoms. The molecule has 2 aromatic carbocycles. The molecule has 1 N–H and O–H groups in total. The molecule has 2 aromatic heterocycles. The highest BCUT2D eigenvalue weighted by Gasteiger charge is 2.24. The van der Waals surface area contributed by atoms with Gasteiger partial charge >= 0.3 is 0 Å². The molecule has 3 heterocycles. The summed E-state index contributed by atoms with van der Waals surface area (Å²) < 4.78 is 59.4. The molecule has 5 rings (SSSR count). The number of halogens is 2. The van der Waals surface area contributed by atoms with E-state index in [2.05, 4.69) is 38.6 Å². The Bertz CT molecular complexity index is 1580. The van der Waals surface area contributed by atoms with Crippen LogP contribution in [0.1, 0.15) is 26.2 Å². The van der Waals surface area contributed by atoms with Gasteiger partial charge in [0.2, 0.25) is 10.0 Å². The standard InChI is InChI=1S/C28H32F2N6O2S/c1-4-13-39(37,38)33-25-7-6-24(29)28(27(25)30)36-17-23(19-15-31-18-32-16-19)22-14-21(5-8-26(22)36)35(3)20-9-11-34(2)12-10-20/h5-8,14-18,20,33H,4,9-13H2,1-3H3. The van der Waals surface area contributed by atoms with Crippen molar-refractivity contribution >= 4 is 32.3 Å². The van der Waals surface area contributed by atoms with E-state index in [-0.39, 0.29) is 17.1 Å². The quantitative estimate of drug-likeness (QED) is 0.328. The van der Waals surface area contributed by atoms with Gasteiger partial charge in [0.25, 0.3) is 0 Å². The summed E-state index contributed by atoms with van der Waals surface area (Å²) in [5, 5.41) is 0.776. The van der Waals surface area contributed by atoms with Crippen LogP contribution in [-0.4, -0.2) is 66.8 Å². The van der Waals surface area contributed by atoms with Crippen LogP contribution in [0.2, 0.25) is 0 Å². The van der Waals surface area contributed by atoms with Crippen molar-refractivity contribution in [1.82, 2.24) is 19.4 Å². The zero-order valence-corrected chi connectivity index (χ0v) is 23.0. The number of hydrogen-bond acceptors (Lipinski definition) is 6. The molecule has 1 aliphatic heterocycles. The molecule has 0 amide bonds. The zero-order chi connectivity index (χ0) is 27.7. The lowest BCUT2D eigenvalue weighted by Gasteiger charge is -2.36. The van der Waals surface area contributed by atoms with Gasteiger partial charge in [-0.15, -0.1) is 0 Å². The lowest BCUT2D eigenvalue weighted by atomic mass is 10.0. The Morgan fingerprint density at radius 1 is 1.10 bits per heavy atom. The van der Waals surface area contributed by atoms with E-state index in [0.717, 1.165) is 49.1 Å². The number of nitrogens with zero attached hydrogens (tertiary/aromatic N) is 5. The maximum atomic E-state index is 15.8. The average Bonchev–Trinajstić information content (AvgIpc) is 3.29. The van der Waals surface area contributed by atoms with E-state index in [4.69, 9.17) is 0 Å². The highest BCUT2D eigenvalue weighted by Crippen LogP contribution is 2.37. The molecule has 1 aliphatic rings. The van der Waals surface area contributed by atoms with Gasteiger partial charge in [-0.2, -0.15) is 0 Å². The van der Waals surface area contributed by atoms with Gasteiger partial charge in [-0.1, -0.05) is 6.92 Å². The molecule has 1 fully saturated rings. The average molecular weight is 555 g/mol. The van der Waals surface area contributed by atoms with Gasteiger partial charge in [0.1, 0.15) is 17.8 Å². The number of sulfonamides is 1. The van der Waals surface area contributed by atoms with Gasteiger partial charge in [-0.25, -0.2) is 27.2 Å². The second-order valence-electron chi connectivity index (χ2n) is 10.1. The summed E-state index contributed by atoms with van der Waals surface area (Å²) in [5.41, 5.74) is 2.30. The molecule has 0 unspecified atom stereocenters. The number of fused-ring (bicyclic) bond motifs is 1. The van der Waals surface area contributed by atoms with Crippen molar-refractivity contribution in [2.24, 2.45) is 0 Å². The molecule has 0 spiro atoms. The summed E-state index contributed by atoms with van der Waals surface area (Å²) in [5.74, 6) is -1.97. The number of rotatable bonds is 8. The van der Waals surface area contributed by atoms with Crippen LogP contribution >= 0.6 is 0 Å². The maximum Gasteiger partial charge on any atom is 0.232 e. The first-order valence-electron chi connectivity index (χ1n) is 13.0. The minimum absolute atomic E-state index is 0.169. The summed E-state index contributed by atoms with van der Waals surface area (Å²) in [6.07, 6.45) is 8.83. The van der Waals surface area contributed by atoms with E-state index in [9.17, 15) is 8.42 Å². The fourth-order valence-corrected chi connectivity index (χ4v) is 6.34. The van der Waals surface area contributed by atoms with Gasteiger partial charge in [0.05, 0.1) is 17.0 Å². The predicted octanol–water partition coefficient (Wildman–Crippen LogP) is 5.05. The minimum Gasteiger partial charge on any atom is -0.371 e. The summed E-state index contributed by atoms with van der Waals surface area (Å²) in [6, 6.07) is 8.38. The number of hydrogen-bond donors (Lipinski definition) is 1. The Hall–Kier alpha value is -3.57. The Morgan fingerprint density at radius 2 is 1.82 bits per heavy atom. The van der Waals surface area contributed by atoms with Crippen LogP contribution in [0.15, 0.2) is 55.2 Å². The molecule has 39 heavy (non-hydrogen) atoms. The topological polar surface area (TPSA) is 83.4 Å². The monoisotopic (exact) mass is 554 g/mol. The lowest BCUT2D eigenvalue weighted by Crippen LogP contribution is -2.41. The first kappa shape index (κ1) is 27.0. The summed E-state index contributed by atoms with van der Waals surface area (Å²) in [4.78, 5) is 12.9. The third kappa shape index (κ3) is 5.46. The van der Waals surface area contributed by atoms with E-state index in [1.165, 1.54) is 10.9 Å². The highest BCUT2D eigenvalue weighted by atomic mass is 32.2. The van der Waals surface area contributed by atoms with Crippen molar-refractivity contribution < 1.29 is 17.2 Å². The molecule has 206 valence electrons. The fourth-order valence-electron chi connectivity index (χ4n) is 5.21. The van der Waals surface area contributed by atoms with Crippen LogP contribution in [0.4, 0.5) is 20.2 Å². The molecule has 0 saturated carbocycles. The van der Waals surface area contributed by atoms with Crippen molar-refractivity contribution in [3.8, 4) is 16.8 Å². The van der Waals surface area contributed by atoms with Crippen molar-refractivity contribution in [3.63, 3.8) is 0 Å². The molecule has 0 atom stereocenters. The molecular formula is C28H32F2N6O2S. The number of piperidine rings is 1. The molecule has 1 saturated heterocycles. The van der Waals surface area contributed by atoms with Crippen LogP contribution in [-0.2, 0) is 10.0 Å².